The Morgan fingerprint density at radius 2 is 1.92 bits per heavy atom. The van der Waals surface area contributed by atoms with Crippen molar-refractivity contribution in [3.63, 3.8) is 0 Å². The zero-order chi connectivity index (χ0) is 26.6. The maximum absolute atomic E-state index is 13.0. The predicted molar refractivity (Wildman–Crippen MR) is 144 cm³/mol. The van der Waals surface area contributed by atoms with Gasteiger partial charge in [0.1, 0.15) is 16.0 Å². The zero-order valence-electron chi connectivity index (χ0n) is 20.1. The van der Waals surface area contributed by atoms with Crippen LogP contribution in [0.5, 0.6) is 5.75 Å². The Morgan fingerprint density at radius 3 is 2.59 bits per heavy atom. The van der Waals surface area contributed by atoms with Crippen molar-refractivity contribution in [3.8, 4) is 5.75 Å². The maximum Gasteiger partial charge on any atom is 0.272 e. The second-order valence-corrected chi connectivity index (χ2v) is 11.8. The van der Waals surface area contributed by atoms with Crippen molar-refractivity contribution in [1.29, 1.82) is 0 Å². The molecule has 196 valence electrons. The monoisotopic (exact) mass is 563 g/mol. The van der Waals surface area contributed by atoms with Gasteiger partial charge in [0.2, 0.25) is 5.91 Å². The van der Waals surface area contributed by atoms with E-state index in [1.165, 1.54) is 26.4 Å². The lowest BCUT2D eigenvalue weighted by Crippen LogP contribution is -2.44. The number of carbonyl (C=O) groups is 1. The Hall–Kier alpha value is -3.16. The molecule has 4 aromatic rings. The number of carbonyl (C=O) groups excluding carboxylic acids is 1. The number of rotatable bonds is 12. The minimum atomic E-state index is -3.91. The van der Waals surface area contributed by atoms with Crippen molar-refractivity contribution in [3.05, 3.63) is 70.1 Å². The third-order valence-electron chi connectivity index (χ3n) is 5.56. The Morgan fingerprint density at radius 1 is 1.16 bits per heavy atom. The van der Waals surface area contributed by atoms with Crippen LogP contribution in [-0.4, -0.2) is 51.0 Å². The molecule has 13 heteroatoms. The summed E-state index contributed by atoms with van der Waals surface area (Å²) in [7, 11) is -0.884. The summed E-state index contributed by atoms with van der Waals surface area (Å²) in [6, 6.07) is 15.5. The summed E-state index contributed by atoms with van der Waals surface area (Å²) in [5.41, 5.74) is 7.97. The molecule has 0 bridgehead atoms. The second-order valence-electron chi connectivity index (χ2n) is 8.14. The van der Waals surface area contributed by atoms with E-state index >= 15 is 0 Å². The van der Waals surface area contributed by atoms with Gasteiger partial charge in [-0.3, -0.25) is 19.5 Å². The standard InChI is InChI=1S/C24H26ClN5O5S2/c1-34-14-17(23(26)31)27-12-15-5-3-6-16(11-15)13-30-18-7-4-8-19(35-2)22(18)24(28-30)29-37(32,33)21-10-9-20(25)36-21/h3-11,17,27H,12-14H2,1-2H3,(H2,26,31)(H,28,29). The van der Waals surface area contributed by atoms with Crippen molar-refractivity contribution in [2.75, 3.05) is 25.5 Å². The molecule has 0 aliphatic carbocycles. The SMILES string of the molecule is COCC(NCc1cccc(Cn2nc(NS(=O)(=O)c3ccc(Cl)s3)c3c(OC)cccc32)c1)C(N)=O. The van der Waals surface area contributed by atoms with Crippen LogP contribution in [-0.2, 0) is 32.6 Å². The van der Waals surface area contributed by atoms with Crippen molar-refractivity contribution < 1.29 is 22.7 Å². The third-order valence-corrected chi connectivity index (χ3v) is 8.62. The van der Waals surface area contributed by atoms with Gasteiger partial charge in [-0.15, -0.1) is 11.3 Å². The molecule has 37 heavy (non-hydrogen) atoms. The van der Waals surface area contributed by atoms with Crippen molar-refractivity contribution in [2.24, 2.45) is 5.73 Å². The number of hydrogen-bond donors (Lipinski definition) is 3. The number of nitrogens with zero attached hydrogens (tertiary/aromatic N) is 2. The molecular weight excluding hydrogens is 538 g/mol. The number of benzene rings is 2. The van der Waals surface area contributed by atoms with Crippen LogP contribution < -0.4 is 20.5 Å². The molecule has 0 aliphatic heterocycles. The van der Waals surface area contributed by atoms with Gasteiger partial charge < -0.3 is 15.2 Å². The number of methoxy groups -OCH3 is 2. The average Bonchev–Trinajstić information content (AvgIpc) is 3.46. The summed E-state index contributed by atoms with van der Waals surface area (Å²) in [5, 5.41) is 8.22. The van der Waals surface area contributed by atoms with Crippen LogP contribution in [0.15, 0.2) is 58.8 Å². The molecule has 10 nitrogen and oxygen atoms in total. The first kappa shape index (κ1) is 26.9. The van der Waals surface area contributed by atoms with E-state index in [0.717, 1.165) is 22.5 Å². The van der Waals surface area contributed by atoms with Gasteiger partial charge in [-0.2, -0.15) is 5.10 Å². The fourth-order valence-electron chi connectivity index (χ4n) is 3.84. The number of sulfonamides is 1. The van der Waals surface area contributed by atoms with Gasteiger partial charge in [0.15, 0.2) is 5.82 Å². The van der Waals surface area contributed by atoms with Crippen molar-refractivity contribution >= 4 is 55.6 Å². The van der Waals surface area contributed by atoms with Crippen LogP contribution in [0.3, 0.4) is 0 Å². The highest BCUT2D eigenvalue weighted by molar-refractivity contribution is 7.94. The van der Waals surface area contributed by atoms with E-state index in [9.17, 15) is 13.2 Å². The number of hydrogen-bond acceptors (Lipinski definition) is 8. The lowest BCUT2D eigenvalue weighted by atomic mass is 10.1. The molecule has 1 unspecified atom stereocenters. The average molecular weight is 564 g/mol. The molecule has 2 aromatic heterocycles. The summed E-state index contributed by atoms with van der Waals surface area (Å²) in [6.07, 6.45) is 0. The van der Waals surface area contributed by atoms with Gasteiger partial charge >= 0.3 is 0 Å². The Bertz CT molecular complexity index is 1520. The van der Waals surface area contributed by atoms with Crippen LogP contribution in [0.4, 0.5) is 5.82 Å². The van der Waals surface area contributed by atoms with Crippen LogP contribution >= 0.6 is 22.9 Å². The number of anilines is 1. The number of amides is 1. The number of primary amides is 1. The molecule has 0 radical (unpaired) electrons. The second kappa shape index (κ2) is 11.5. The van der Waals surface area contributed by atoms with Gasteiger partial charge in [-0.05, 0) is 35.4 Å². The highest BCUT2D eigenvalue weighted by atomic mass is 35.5. The molecule has 0 aliphatic rings. The largest absolute Gasteiger partial charge is 0.496 e. The summed E-state index contributed by atoms with van der Waals surface area (Å²) >= 11 is 6.90. The minimum Gasteiger partial charge on any atom is -0.496 e. The summed E-state index contributed by atoms with van der Waals surface area (Å²) in [5.74, 6) is 0.146. The van der Waals surface area contributed by atoms with E-state index in [1.54, 1.807) is 10.7 Å². The lowest BCUT2D eigenvalue weighted by Gasteiger charge is -2.15. The van der Waals surface area contributed by atoms with E-state index in [0.29, 0.717) is 34.1 Å². The normalized spacial score (nSPS) is 12.5. The molecule has 2 aromatic carbocycles. The number of halogens is 1. The van der Waals surface area contributed by atoms with Crippen molar-refractivity contribution in [1.82, 2.24) is 15.1 Å². The first-order chi connectivity index (χ1) is 17.7. The number of nitrogens with one attached hydrogen (secondary N) is 2. The quantitative estimate of drug-likeness (QED) is 0.241. The molecule has 0 saturated heterocycles. The molecule has 4 N–H and O–H groups in total. The van der Waals surface area contributed by atoms with Gasteiger partial charge in [0.25, 0.3) is 10.0 Å². The fraction of sp³-hybridized carbons (Fsp3) is 0.250. The lowest BCUT2D eigenvalue weighted by molar-refractivity contribution is -0.121. The van der Waals surface area contributed by atoms with E-state index < -0.39 is 22.0 Å². The van der Waals surface area contributed by atoms with E-state index in [1.807, 2.05) is 36.4 Å². The van der Waals surface area contributed by atoms with E-state index in [-0.39, 0.29) is 16.6 Å². The summed E-state index contributed by atoms with van der Waals surface area (Å²) < 4.78 is 41.3. The van der Waals surface area contributed by atoms with Crippen LogP contribution in [0.1, 0.15) is 11.1 Å². The number of thiophene rings is 1. The number of aromatic nitrogens is 2. The topological polar surface area (TPSA) is 138 Å². The molecular formula is C24H26ClN5O5S2. The molecule has 1 amide bonds. The van der Waals surface area contributed by atoms with Gasteiger partial charge in [0.05, 0.1) is 35.5 Å². The summed E-state index contributed by atoms with van der Waals surface area (Å²) in [4.78, 5) is 11.6. The minimum absolute atomic E-state index is 0.0815. The molecule has 1 atom stereocenters. The first-order valence-corrected chi connectivity index (χ1v) is 13.8. The highest BCUT2D eigenvalue weighted by Crippen LogP contribution is 2.35. The third kappa shape index (κ3) is 6.22. The Labute approximate surface area is 223 Å². The summed E-state index contributed by atoms with van der Waals surface area (Å²) in [6.45, 7) is 0.945. The molecule has 4 rings (SSSR count). The number of nitrogens with two attached hydrogens (primary N) is 1. The molecule has 2 heterocycles. The van der Waals surface area contributed by atoms with Gasteiger partial charge in [-0.25, -0.2) is 8.42 Å². The fourth-order valence-corrected chi connectivity index (χ4v) is 6.33. The smallest absolute Gasteiger partial charge is 0.272 e. The molecule has 0 spiro atoms. The molecule has 0 fully saturated rings. The van der Waals surface area contributed by atoms with Crippen LogP contribution in [0, 0.1) is 0 Å². The Kier molecular flexibility index (Phi) is 8.35. The zero-order valence-corrected chi connectivity index (χ0v) is 22.5. The highest BCUT2D eigenvalue weighted by Gasteiger charge is 2.23. The number of ether oxygens (including phenoxy) is 2. The van der Waals surface area contributed by atoms with E-state index in [4.69, 9.17) is 26.8 Å². The predicted octanol–water partition coefficient (Wildman–Crippen LogP) is 3.20. The van der Waals surface area contributed by atoms with E-state index in [2.05, 4.69) is 15.1 Å². The van der Waals surface area contributed by atoms with Crippen LogP contribution in [0.25, 0.3) is 10.9 Å². The first-order valence-electron chi connectivity index (χ1n) is 11.1. The number of fused-ring (bicyclic) bond motifs is 1. The van der Waals surface area contributed by atoms with Crippen LogP contribution in [0.2, 0.25) is 4.34 Å². The molecule has 0 saturated carbocycles. The van der Waals surface area contributed by atoms with Gasteiger partial charge in [-0.1, -0.05) is 41.9 Å². The Balaban J connectivity index is 1.63. The van der Waals surface area contributed by atoms with Gasteiger partial charge in [0, 0.05) is 13.7 Å². The van der Waals surface area contributed by atoms with Crippen molar-refractivity contribution in [2.45, 2.75) is 23.3 Å². The maximum atomic E-state index is 13.0.